The third kappa shape index (κ3) is 5.20. The number of hydrogen-bond acceptors (Lipinski definition) is 6. The fourth-order valence-corrected chi connectivity index (χ4v) is 2.95. The van der Waals surface area contributed by atoms with Crippen LogP contribution in [0.25, 0.3) is 0 Å². The molecule has 12 heteroatoms. The van der Waals surface area contributed by atoms with Gasteiger partial charge in [0.2, 0.25) is 11.6 Å². The van der Waals surface area contributed by atoms with E-state index in [1.165, 1.54) is 12.1 Å². The highest BCUT2D eigenvalue weighted by Gasteiger charge is 2.35. The first kappa shape index (κ1) is 20.1. The Morgan fingerprint density at radius 1 is 0.679 bits per heavy atom. The van der Waals surface area contributed by atoms with E-state index >= 15 is 0 Å². The summed E-state index contributed by atoms with van der Waals surface area (Å²) in [6, 6.07) is 2.54. The molecule has 2 aromatic heterocycles. The lowest BCUT2D eigenvalue weighted by molar-refractivity contribution is -0.145. The maximum atomic E-state index is 12.7. The second-order valence-electron chi connectivity index (χ2n) is 6.36. The normalized spacial score (nSPS) is 20.6. The van der Waals surface area contributed by atoms with E-state index in [0.29, 0.717) is 25.7 Å². The molecule has 2 aromatic rings. The van der Waals surface area contributed by atoms with Crippen molar-refractivity contribution in [3.8, 4) is 0 Å². The SMILES string of the molecule is FC(F)(F)c1nccc(NC2CCC(Nc3ccnc(C(F)(F)F)n3)CC2)n1. The maximum Gasteiger partial charge on any atom is 0.451 e. The number of nitrogens with zero attached hydrogens (tertiary/aromatic N) is 4. The van der Waals surface area contributed by atoms with Gasteiger partial charge in [-0.1, -0.05) is 0 Å². The highest BCUT2D eigenvalue weighted by molar-refractivity contribution is 5.36. The number of nitrogens with one attached hydrogen (secondary N) is 2. The van der Waals surface area contributed by atoms with Crippen LogP contribution in [0.4, 0.5) is 38.0 Å². The smallest absolute Gasteiger partial charge is 0.367 e. The number of hydrogen-bond donors (Lipinski definition) is 2. The number of aromatic nitrogens is 4. The van der Waals surface area contributed by atoms with Crippen LogP contribution in [0.3, 0.4) is 0 Å². The van der Waals surface area contributed by atoms with Crippen molar-refractivity contribution in [2.24, 2.45) is 0 Å². The van der Waals surface area contributed by atoms with Crippen LogP contribution in [0, 0.1) is 0 Å². The van der Waals surface area contributed by atoms with Gasteiger partial charge in [0.05, 0.1) is 0 Å². The van der Waals surface area contributed by atoms with E-state index in [4.69, 9.17) is 0 Å². The van der Waals surface area contributed by atoms with Crippen LogP contribution in [0.15, 0.2) is 24.5 Å². The van der Waals surface area contributed by atoms with Gasteiger partial charge < -0.3 is 10.6 Å². The van der Waals surface area contributed by atoms with Crippen molar-refractivity contribution >= 4 is 11.6 Å². The molecule has 1 saturated carbocycles. The molecule has 0 saturated heterocycles. The van der Waals surface area contributed by atoms with E-state index < -0.39 is 24.0 Å². The standard InChI is InChI=1S/C16H16F6N6/c17-15(18,19)13-23-7-5-11(27-13)25-9-1-2-10(4-3-9)26-12-6-8-24-14(28-12)16(20,21)22/h5-10H,1-4H2,(H,23,25,27)(H,24,26,28). The average Bonchev–Trinajstić information content (AvgIpc) is 2.62. The molecule has 0 spiro atoms. The van der Waals surface area contributed by atoms with E-state index in [9.17, 15) is 26.3 Å². The van der Waals surface area contributed by atoms with Crippen LogP contribution in [0.5, 0.6) is 0 Å². The fourth-order valence-electron chi connectivity index (χ4n) is 2.95. The molecule has 1 fully saturated rings. The fraction of sp³-hybridized carbons (Fsp3) is 0.500. The summed E-state index contributed by atoms with van der Waals surface area (Å²) in [5.41, 5.74) is 0. The van der Waals surface area contributed by atoms with Crippen molar-refractivity contribution in [2.75, 3.05) is 10.6 Å². The minimum atomic E-state index is -4.62. The predicted octanol–water partition coefficient (Wildman–Crippen LogP) is 4.14. The summed E-state index contributed by atoms with van der Waals surface area (Å²) in [7, 11) is 0. The molecule has 1 aliphatic carbocycles. The Morgan fingerprint density at radius 2 is 1.04 bits per heavy atom. The highest BCUT2D eigenvalue weighted by atomic mass is 19.4. The molecule has 0 bridgehead atoms. The Morgan fingerprint density at radius 3 is 1.36 bits per heavy atom. The van der Waals surface area contributed by atoms with Gasteiger partial charge in [-0.05, 0) is 37.8 Å². The number of alkyl halides is 6. The Labute approximate surface area is 155 Å². The summed E-state index contributed by atoms with van der Waals surface area (Å²) in [6.45, 7) is 0. The van der Waals surface area contributed by atoms with Crippen molar-refractivity contribution < 1.29 is 26.3 Å². The molecular weight excluding hydrogens is 390 g/mol. The molecular formula is C16H16F6N6. The summed E-state index contributed by atoms with van der Waals surface area (Å²) in [5.74, 6) is -2.25. The topological polar surface area (TPSA) is 75.6 Å². The van der Waals surface area contributed by atoms with Crippen molar-refractivity contribution in [2.45, 2.75) is 50.1 Å². The molecule has 3 rings (SSSR count). The lowest BCUT2D eigenvalue weighted by atomic mass is 9.91. The maximum absolute atomic E-state index is 12.7. The van der Waals surface area contributed by atoms with Crippen molar-refractivity contribution in [3.05, 3.63) is 36.2 Å². The highest BCUT2D eigenvalue weighted by Crippen LogP contribution is 2.29. The molecule has 2 heterocycles. The first-order valence-corrected chi connectivity index (χ1v) is 8.45. The largest absolute Gasteiger partial charge is 0.451 e. The average molecular weight is 406 g/mol. The molecule has 2 N–H and O–H groups in total. The van der Waals surface area contributed by atoms with Gasteiger partial charge in [0.25, 0.3) is 0 Å². The van der Waals surface area contributed by atoms with Gasteiger partial charge in [-0.15, -0.1) is 0 Å². The molecule has 0 radical (unpaired) electrons. The molecule has 0 unspecified atom stereocenters. The van der Waals surface area contributed by atoms with Gasteiger partial charge in [0.1, 0.15) is 11.6 Å². The quantitative estimate of drug-likeness (QED) is 0.744. The van der Waals surface area contributed by atoms with Crippen molar-refractivity contribution in [3.63, 3.8) is 0 Å². The molecule has 0 aliphatic heterocycles. The third-order valence-electron chi connectivity index (χ3n) is 4.25. The van der Waals surface area contributed by atoms with E-state index in [2.05, 4.69) is 30.6 Å². The van der Waals surface area contributed by atoms with E-state index in [0.717, 1.165) is 12.4 Å². The molecule has 28 heavy (non-hydrogen) atoms. The molecule has 0 aromatic carbocycles. The first-order valence-electron chi connectivity index (χ1n) is 8.45. The van der Waals surface area contributed by atoms with Gasteiger partial charge in [-0.3, -0.25) is 0 Å². The van der Waals surface area contributed by atoms with E-state index in [1.807, 2.05) is 0 Å². The van der Waals surface area contributed by atoms with Gasteiger partial charge in [-0.2, -0.15) is 26.3 Å². The second kappa shape index (κ2) is 7.76. The molecule has 152 valence electrons. The van der Waals surface area contributed by atoms with E-state index in [-0.39, 0.29) is 23.7 Å². The molecule has 0 amide bonds. The zero-order valence-electron chi connectivity index (χ0n) is 14.3. The summed E-state index contributed by atoms with van der Waals surface area (Å²) in [6.07, 6.45) is -4.71. The summed E-state index contributed by atoms with van der Waals surface area (Å²) < 4.78 is 76.0. The third-order valence-corrected chi connectivity index (χ3v) is 4.25. The number of halogens is 6. The summed E-state index contributed by atoms with van der Waals surface area (Å²) in [5, 5.41) is 5.91. The lowest BCUT2D eigenvalue weighted by Gasteiger charge is -2.30. The zero-order valence-corrected chi connectivity index (χ0v) is 14.3. The Bertz CT molecular complexity index is 733. The van der Waals surface area contributed by atoms with Crippen molar-refractivity contribution in [1.82, 2.24) is 19.9 Å². The minimum Gasteiger partial charge on any atom is -0.367 e. The second-order valence-corrected chi connectivity index (χ2v) is 6.36. The van der Waals surface area contributed by atoms with Gasteiger partial charge >= 0.3 is 12.4 Å². The summed E-state index contributed by atoms with van der Waals surface area (Å²) >= 11 is 0. The van der Waals surface area contributed by atoms with Gasteiger partial charge in [0.15, 0.2) is 0 Å². The summed E-state index contributed by atoms with van der Waals surface area (Å²) in [4.78, 5) is 13.4. The van der Waals surface area contributed by atoms with Crippen LogP contribution in [-0.2, 0) is 12.4 Å². The Balaban J connectivity index is 1.54. The molecule has 0 atom stereocenters. The van der Waals surface area contributed by atoms with Gasteiger partial charge in [0, 0.05) is 24.5 Å². The van der Waals surface area contributed by atoms with Crippen LogP contribution in [0.1, 0.15) is 37.3 Å². The lowest BCUT2D eigenvalue weighted by Crippen LogP contribution is -2.33. The minimum absolute atomic E-state index is 0.0874. The molecule has 1 aliphatic rings. The van der Waals surface area contributed by atoms with Crippen molar-refractivity contribution in [1.29, 1.82) is 0 Å². The Kier molecular flexibility index (Phi) is 5.57. The van der Waals surface area contributed by atoms with Crippen LogP contribution < -0.4 is 10.6 Å². The van der Waals surface area contributed by atoms with E-state index in [1.54, 1.807) is 0 Å². The first-order chi connectivity index (χ1) is 13.1. The number of rotatable bonds is 4. The van der Waals surface area contributed by atoms with Gasteiger partial charge in [-0.25, -0.2) is 19.9 Å². The molecule has 6 nitrogen and oxygen atoms in total. The van der Waals surface area contributed by atoms with Crippen LogP contribution in [0.2, 0.25) is 0 Å². The predicted molar refractivity (Wildman–Crippen MR) is 87.4 cm³/mol. The monoisotopic (exact) mass is 406 g/mol. The Hall–Kier alpha value is -2.66. The van der Waals surface area contributed by atoms with Crippen LogP contribution in [-0.4, -0.2) is 32.0 Å². The van der Waals surface area contributed by atoms with Crippen LogP contribution >= 0.6 is 0 Å². The number of anilines is 2. The zero-order chi connectivity index (χ0) is 20.4.